The topological polar surface area (TPSA) is 100 Å². The van der Waals surface area contributed by atoms with Crippen molar-refractivity contribution in [2.45, 2.75) is 31.4 Å². The van der Waals surface area contributed by atoms with Crippen molar-refractivity contribution in [1.82, 2.24) is 29.4 Å². The number of rotatable bonds is 7. The minimum atomic E-state index is -0.0725. The van der Waals surface area contributed by atoms with Gasteiger partial charge in [-0.05, 0) is 38.1 Å². The summed E-state index contributed by atoms with van der Waals surface area (Å²) in [6, 6.07) is 15.0. The molecule has 0 aliphatic carbocycles. The number of hydrogen-bond acceptors (Lipinski definition) is 8. The molecular weight excluding hydrogens is 428 g/mol. The van der Waals surface area contributed by atoms with E-state index in [1.807, 2.05) is 66.8 Å². The minimum Gasteiger partial charge on any atom is -0.493 e. The summed E-state index contributed by atoms with van der Waals surface area (Å²) >= 11 is 1.36. The van der Waals surface area contributed by atoms with Crippen LogP contribution in [0.3, 0.4) is 0 Å². The highest BCUT2D eigenvalue weighted by Crippen LogP contribution is 2.31. The molecule has 0 spiro atoms. The number of benzene rings is 2. The zero-order valence-electron chi connectivity index (χ0n) is 17.6. The van der Waals surface area contributed by atoms with Crippen LogP contribution in [0.2, 0.25) is 0 Å². The van der Waals surface area contributed by atoms with Gasteiger partial charge >= 0.3 is 0 Å². The van der Waals surface area contributed by atoms with Crippen LogP contribution in [0.4, 0.5) is 0 Å². The van der Waals surface area contributed by atoms with Crippen LogP contribution in [0.25, 0.3) is 28.1 Å². The fraction of sp³-hybridized carbons (Fsp3) is 0.227. The molecule has 162 valence electrons. The summed E-state index contributed by atoms with van der Waals surface area (Å²) in [6.45, 7) is 4.89. The van der Waals surface area contributed by atoms with Gasteiger partial charge in [-0.3, -0.25) is 13.8 Å². The second-order valence-electron chi connectivity index (χ2n) is 6.91. The van der Waals surface area contributed by atoms with E-state index < -0.39 is 0 Å². The summed E-state index contributed by atoms with van der Waals surface area (Å²) < 4.78 is 15.1. The summed E-state index contributed by atoms with van der Waals surface area (Å²) in [5.41, 5.74) is 1.45. The van der Waals surface area contributed by atoms with Gasteiger partial charge in [-0.25, -0.2) is 0 Å². The van der Waals surface area contributed by atoms with Gasteiger partial charge in [0.05, 0.1) is 28.8 Å². The summed E-state index contributed by atoms with van der Waals surface area (Å²) in [5.74, 6) is 2.75. The van der Waals surface area contributed by atoms with E-state index >= 15 is 0 Å². The molecule has 0 atom stereocenters. The quantitative estimate of drug-likeness (QED) is 0.347. The van der Waals surface area contributed by atoms with Crippen molar-refractivity contribution in [2.75, 3.05) is 6.61 Å². The molecule has 0 unspecified atom stereocenters. The molecule has 9 nitrogen and oxygen atoms in total. The lowest BCUT2D eigenvalue weighted by Gasteiger charge is -2.09. The summed E-state index contributed by atoms with van der Waals surface area (Å²) in [4.78, 5) is 12.8. The molecule has 2 aromatic carbocycles. The van der Waals surface area contributed by atoms with Gasteiger partial charge in [0.2, 0.25) is 5.78 Å². The Morgan fingerprint density at radius 1 is 1.00 bits per heavy atom. The van der Waals surface area contributed by atoms with Crippen LogP contribution in [0.15, 0.2) is 63.0 Å². The molecule has 0 N–H and O–H groups in total. The predicted octanol–water partition coefficient (Wildman–Crippen LogP) is 3.81. The number of aryl methyl sites for hydroxylation is 1. The van der Waals surface area contributed by atoms with Crippen LogP contribution in [-0.2, 0) is 12.3 Å². The second-order valence-corrected chi connectivity index (χ2v) is 7.84. The van der Waals surface area contributed by atoms with Crippen molar-refractivity contribution in [1.29, 1.82) is 0 Å². The first-order valence-electron chi connectivity index (χ1n) is 10.2. The van der Waals surface area contributed by atoms with Crippen LogP contribution >= 0.6 is 11.8 Å². The van der Waals surface area contributed by atoms with E-state index in [1.54, 1.807) is 4.57 Å². The number of hydrogen-bond donors (Lipinski definition) is 0. The Morgan fingerprint density at radius 3 is 2.66 bits per heavy atom. The Labute approximate surface area is 187 Å². The molecule has 10 heteroatoms. The average molecular weight is 449 g/mol. The highest BCUT2D eigenvalue weighted by atomic mass is 32.2. The predicted molar refractivity (Wildman–Crippen MR) is 121 cm³/mol. The molecule has 0 fully saturated rings. The highest BCUT2D eigenvalue weighted by Gasteiger charge is 2.18. The van der Waals surface area contributed by atoms with Gasteiger partial charge in [0.1, 0.15) is 11.6 Å². The molecule has 3 aromatic heterocycles. The van der Waals surface area contributed by atoms with Crippen molar-refractivity contribution in [2.24, 2.45) is 0 Å². The standard InChI is InChI=1S/C22H20N6O3S/c1-3-27-20(29)14-9-5-7-11-16(14)28-18(23-25-21(27)28)13-32-22-26-24-19(31-22)15-10-6-8-12-17(15)30-4-2/h5-12H,3-4,13H2,1-2H3. The molecule has 0 saturated carbocycles. The first-order valence-corrected chi connectivity index (χ1v) is 11.2. The highest BCUT2D eigenvalue weighted by molar-refractivity contribution is 7.98. The lowest BCUT2D eigenvalue weighted by Crippen LogP contribution is -2.22. The van der Waals surface area contributed by atoms with E-state index in [0.717, 1.165) is 11.1 Å². The smallest absolute Gasteiger partial charge is 0.277 e. The van der Waals surface area contributed by atoms with Gasteiger partial charge in [0.25, 0.3) is 16.7 Å². The summed E-state index contributed by atoms with van der Waals surface area (Å²) in [5, 5.41) is 18.0. The van der Waals surface area contributed by atoms with Gasteiger partial charge in [-0.1, -0.05) is 36.0 Å². The fourth-order valence-electron chi connectivity index (χ4n) is 3.62. The first-order chi connectivity index (χ1) is 15.7. The maximum Gasteiger partial charge on any atom is 0.277 e. The zero-order chi connectivity index (χ0) is 22.1. The number of ether oxygens (including phenoxy) is 1. The number of para-hydroxylation sites is 2. The lowest BCUT2D eigenvalue weighted by molar-refractivity contribution is 0.340. The van der Waals surface area contributed by atoms with Crippen LogP contribution in [0.1, 0.15) is 19.7 Å². The van der Waals surface area contributed by atoms with Crippen molar-refractivity contribution >= 4 is 28.4 Å². The molecule has 0 bridgehead atoms. The van der Waals surface area contributed by atoms with E-state index in [-0.39, 0.29) is 5.56 Å². The van der Waals surface area contributed by atoms with Crippen molar-refractivity contribution in [3.05, 3.63) is 64.7 Å². The lowest BCUT2D eigenvalue weighted by atomic mass is 10.2. The molecule has 3 heterocycles. The third-order valence-corrected chi connectivity index (χ3v) is 5.85. The zero-order valence-corrected chi connectivity index (χ0v) is 18.4. The Balaban J connectivity index is 1.48. The maximum atomic E-state index is 12.8. The molecule has 0 aliphatic heterocycles. The first kappa shape index (κ1) is 20.3. The Bertz CT molecular complexity index is 1470. The molecular formula is C22H20N6O3S. The summed E-state index contributed by atoms with van der Waals surface area (Å²) in [6.07, 6.45) is 0. The Kier molecular flexibility index (Phi) is 5.36. The molecule has 0 aliphatic rings. The van der Waals surface area contributed by atoms with Crippen LogP contribution < -0.4 is 10.3 Å². The number of fused-ring (bicyclic) bond motifs is 3. The minimum absolute atomic E-state index is 0.0725. The number of nitrogens with zero attached hydrogens (tertiary/aromatic N) is 6. The third-order valence-electron chi connectivity index (χ3n) is 5.04. The number of aromatic nitrogens is 6. The fourth-order valence-corrected chi connectivity index (χ4v) is 4.30. The SMILES string of the molecule is CCOc1ccccc1-c1nnc(SCc2nnc3n(CC)c(=O)c4ccccc4n23)o1. The molecule has 5 rings (SSSR count). The monoisotopic (exact) mass is 448 g/mol. The molecule has 5 aromatic rings. The van der Waals surface area contributed by atoms with E-state index in [1.165, 1.54) is 11.8 Å². The largest absolute Gasteiger partial charge is 0.493 e. The average Bonchev–Trinajstić information content (AvgIpc) is 3.46. The van der Waals surface area contributed by atoms with Crippen molar-refractivity contribution in [3.63, 3.8) is 0 Å². The van der Waals surface area contributed by atoms with Gasteiger partial charge in [0, 0.05) is 6.54 Å². The van der Waals surface area contributed by atoms with Gasteiger partial charge in [-0.15, -0.1) is 20.4 Å². The van der Waals surface area contributed by atoms with E-state index in [2.05, 4.69) is 20.4 Å². The normalized spacial score (nSPS) is 11.4. The van der Waals surface area contributed by atoms with E-state index in [4.69, 9.17) is 9.15 Å². The van der Waals surface area contributed by atoms with Crippen molar-refractivity contribution in [3.8, 4) is 17.2 Å². The Morgan fingerprint density at radius 2 is 1.81 bits per heavy atom. The van der Waals surface area contributed by atoms with Crippen LogP contribution in [0, 0.1) is 0 Å². The van der Waals surface area contributed by atoms with Crippen LogP contribution in [0.5, 0.6) is 5.75 Å². The summed E-state index contributed by atoms with van der Waals surface area (Å²) in [7, 11) is 0. The van der Waals surface area contributed by atoms with Gasteiger partial charge in [-0.2, -0.15) is 0 Å². The molecule has 0 amide bonds. The van der Waals surface area contributed by atoms with Gasteiger partial charge in [0.15, 0.2) is 0 Å². The Hall–Kier alpha value is -3.66. The van der Waals surface area contributed by atoms with Crippen molar-refractivity contribution < 1.29 is 9.15 Å². The second kappa shape index (κ2) is 8.46. The van der Waals surface area contributed by atoms with E-state index in [9.17, 15) is 4.79 Å². The molecule has 0 saturated heterocycles. The number of thioether (sulfide) groups is 1. The molecule has 32 heavy (non-hydrogen) atoms. The third kappa shape index (κ3) is 3.42. The van der Waals surface area contributed by atoms with Gasteiger partial charge < -0.3 is 9.15 Å². The van der Waals surface area contributed by atoms with Crippen LogP contribution in [-0.4, -0.2) is 36.0 Å². The molecule has 0 radical (unpaired) electrons. The maximum absolute atomic E-state index is 12.8. The van der Waals surface area contributed by atoms with E-state index in [0.29, 0.717) is 52.8 Å².